The summed E-state index contributed by atoms with van der Waals surface area (Å²) in [4.78, 5) is 23.4. The molecule has 1 aromatic carbocycles. The predicted octanol–water partition coefficient (Wildman–Crippen LogP) is 1.50. The number of methoxy groups -OCH3 is 1. The van der Waals surface area contributed by atoms with Gasteiger partial charge in [0.25, 0.3) is 5.56 Å². The van der Waals surface area contributed by atoms with Crippen LogP contribution in [0.15, 0.2) is 29.2 Å². The van der Waals surface area contributed by atoms with Gasteiger partial charge in [0.2, 0.25) is 0 Å². The van der Waals surface area contributed by atoms with Crippen LogP contribution in [0.25, 0.3) is 5.69 Å². The van der Waals surface area contributed by atoms with Crippen molar-refractivity contribution in [2.75, 3.05) is 7.11 Å². The molecule has 19 heavy (non-hydrogen) atoms. The Labute approximate surface area is 110 Å². The Morgan fingerprint density at radius 2 is 2.11 bits per heavy atom. The van der Waals surface area contributed by atoms with Crippen LogP contribution in [-0.2, 0) is 16.0 Å². The molecule has 0 aliphatic carbocycles. The summed E-state index contributed by atoms with van der Waals surface area (Å²) in [5.41, 5.74) is 3.02. The van der Waals surface area contributed by atoms with E-state index < -0.39 is 5.97 Å². The quantitative estimate of drug-likeness (QED) is 0.850. The maximum Gasteiger partial charge on any atom is 0.310 e. The van der Waals surface area contributed by atoms with Crippen molar-refractivity contribution in [3.05, 3.63) is 51.4 Å². The van der Waals surface area contributed by atoms with Crippen molar-refractivity contribution in [3.63, 3.8) is 0 Å². The molecular formula is C14H16N2O3. The van der Waals surface area contributed by atoms with Gasteiger partial charge in [-0.15, -0.1) is 0 Å². The number of carbonyl (C=O) groups is 1. The van der Waals surface area contributed by atoms with Crippen LogP contribution in [0.5, 0.6) is 0 Å². The summed E-state index contributed by atoms with van der Waals surface area (Å²) >= 11 is 0. The van der Waals surface area contributed by atoms with Crippen molar-refractivity contribution in [2.24, 2.45) is 0 Å². The van der Waals surface area contributed by atoms with Gasteiger partial charge in [0.15, 0.2) is 0 Å². The minimum Gasteiger partial charge on any atom is -0.469 e. The summed E-state index contributed by atoms with van der Waals surface area (Å²) < 4.78 is 6.01. The lowest BCUT2D eigenvalue weighted by Gasteiger charge is -2.06. The summed E-state index contributed by atoms with van der Waals surface area (Å²) in [7, 11) is 1.30. The van der Waals surface area contributed by atoms with Crippen LogP contribution < -0.4 is 5.56 Å². The van der Waals surface area contributed by atoms with Gasteiger partial charge < -0.3 is 4.74 Å². The number of ether oxygens (including phenoxy) is 1. The highest BCUT2D eigenvalue weighted by molar-refractivity contribution is 5.72. The van der Waals surface area contributed by atoms with Crippen molar-refractivity contribution in [1.29, 1.82) is 0 Å². The maximum absolute atomic E-state index is 12.2. The van der Waals surface area contributed by atoms with Crippen LogP contribution in [0.2, 0.25) is 0 Å². The number of nitrogens with zero attached hydrogens (tertiary/aromatic N) is 1. The first kappa shape index (κ1) is 13.1. The van der Waals surface area contributed by atoms with Crippen LogP contribution in [0.3, 0.4) is 0 Å². The molecule has 0 saturated heterocycles. The third kappa shape index (κ3) is 2.59. The number of rotatable bonds is 3. The lowest BCUT2D eigenvalue weighted by atomic mass is 10.1. The number of aromatic amines is 1. The van der Waals surface area contributed by atoms with Crippen molar-refractivity contribution in [2.45, 2.75) is 20.3 Å². The van der Waals surface area contributed by atoms with Crippen molar-refractivity contribution >= 4 is 5.97 Å². The van der Waals surface area contributed by atoms with E-state index in [0.717, 1.165) is 16.8 Å². The van der Waals surface area contributed by atoms with E-state index in [1.165, 1.54) is 11.8 Å². The van der Waals surface area contributed by atoms with Crippen LogP contribution in [0, 0.1) is 13.8 Å². The fraction of sp³-hybridized carbons (Fsp3) is 0.286. The van der Waals surface area contributed by atoms with Crippen LogP contribution >= 0.6 is 0 Å². The zero-order valence-electron chi connectivity index (χ0n) is 11.2. The Morgan fingerprint density at radius 1 is 1.37 bits per heavy atom. The fourth-order valence-corrected chi connectivity index (χ4v) is 1.90. The van der Waals surface area contributed by atoms with E-state index in [9.17, 15) is 9.59 Å². The number of carbonyl (C=O) groups excluding carboxylic acids is 1. The predicted molar refractivity (Wildman–Crippen MR) is 71.6 cm³/mol. The molecule has 2 rings (SSSR count). The van der Waals surface area contributed by atoms with E-state index in [1.54, 1.807) is 6.20 Å². The summed E-state index contributed by atoms with van der Waals surface area (Å²) in [6.45, 7) is 3.90. The van der Waals surface area contributed by atoms with E-state index in [1.807, 2.05) is 32.0 Å². The molecule has 0 unspecified atom stereocenters. The second kappa shape index (κ2) is 5.14. The Morgan fingerprint density at radius 3 is 2.79 bits per heavy atom. The van der Waals surface area contributed by atoms with Crippen LogP contribution in [-0.4, -0.2) is 22.9 Å². The van der Waals surface area contributed by atoms with Gasteiger partial charge >= 0.3 is 5.97 Å². The lowest BCUT2D eigenvalue weighted by molar-refractivity contribution is -0.139. The highest BCUT2D eigenvalue weighted by Crippen LogP contribution is 2.13. The molecule has 0 amide bonds. The number of aromatic nitrogens is 2. The zero-order chi connectivity index (χ0) is 14.0. The van der Waals surface area contributed by atoms with E-state index in [0.29, 0.717) is 5.56 Å². The standard InChI is InChI=1S/C14H16N2O3/c1-9-4-5-10(2)12(6-9)16-14(18)11(8-15-16)7-13(17)19-3/h4-6,8,15H,7H2,1-3H3. The summed E-state index contributed by atoms with van der Waals surface area (Å²) in [6.07, 6.45) is 1.52. The molecular weight excluding hydrogens is 244 g/mol. The third-order valence-electron chi connectivity index (χ3n) is 3.01. The highest BCUT2D eigenvalue weighted by atomic mass is 16.5. The van der Waals surface area contributed by atoms with Crippen molar-refractivity contribution in [3.8, 4) is 5.69 Å². The van der Waals surface area contributed by atoms with Gasteiger partial charge in [-0.05, 0) is 31.0 Å². The van der Waals surface area contributed by atoms with Crippen molar-refractivity contribution < 1.29 is 9.53 Å². The molecule has 0 aliphatic rings. The summed E-state index contributed by atoms with van der Waals surface area (Å²) in [5, 5.41) is 2.88. The number of aryl methyl sites for hydroxylation is 2. The van der Waals surface area contributed by atoms with Crippen molar-refractivity contribution in [1.82, 2.24) is 9.78 Å². The first-order chi connectivity index (χ1) is 9.02. The van der Waals surface area contributed by atoms with Crippen LogP contribution in [0.4, 0.5) is 0 Å². The molecule has 0 aliphatic heterocycles. The monoisotopic (exact) mass is 260 g/mol. The normalized spacial score (nSPS) is 10.5. The second-order valence-electron chi connectivity index (χ2n) is 4.48. The molecule has 1 heterocycles. The molecule has 5 nitrogen and oxygen atoms in total. The molecule has 0 fully saturated rings. The van der Waals surface area contributed by atoms with Gasteiger partial charge in [0.05, 0.1) is 19.2 Å². The van der Waals surface area contributed by atoms with Gasteiger partial charge in [-0.25, -0.2) is 4.68 Å². The summed E-state index contributed by atoms with van der Waals surface area (Å²) in [6, 6.07) is 5.87. The Bertz CT molecular complexity index is 668. The molecule has 2 aromatic rings. The number of hydrogen-bond acceptors (Lipinski definition) is 3. The lowest BCUT2D eigenvalue weighted by Crippen LogP contribution is -2.20. The minimum absolute atomic E-state index is 0.0241. The van der Waals surface area contributed by atoms with Gasteiger partial charge in [0.1, 0.15) is 0 Å². The number of benzene rings is 1. The fourth-order valence-electron chi connectivity index (χ4n) is 1.90. The first-order valence-corrected chi connectivity index (χ1v) is 5.96. The number of H-pyrrole nitrogens is 1. The van der Waals surface area contributed by atoms with Gasteiger partial charge in [-0.3, -0.25) is 14.7 Å². The van der Waals surface area contributed by atoms with Gasteiger partial charge in [-0.1, -0.05) is 12.1 Å². The molecule has 0 saturated carbocycles. The Balaban J connectivity index is 2.45. The van der Waals surface area contributed by atoms with E-state index >= 15 is 0 Å². The van der Waals surface area contributed by atoms with Crippen LogP contribution in [0.1, 0.15) is 16.7 Å². The average Bonchev–Trinajstić information content (AvgIpc) is 2.74. The van der Waals surface area contributed by atoms with E-state index in [4.69, 9.17) is 0 Å². The molecule has 0 atom stereocenters. The Kier molecular flexibility index (Phi) is 3.55. The topological polar surface area (TPSA) is 64.1 Å². The zero-order valence-corrected chi connectivity index (χ0v) is 11.2. The van der Waals surface area contributed by atoms with Gasteiger partial charge in [-0.2, -0.15) is 0 Å². The molecule has 1 aromatic heterocycles. The smallest absolute Gasteiger partial charge is 0.310 e. The van der Waals surface area contributed by atoms with E-state index in [-0.39, 0.29) is 12.0 Å². The molecule has 5 heteroatoms. The molecule has 0 spiro atoms. The molecule has 0 radical (unpaired) electrons. The third-order valence-corrected chi connectivity index (χ3v) is 3.01. The average molecular weight is 260 g/mol. The molecule has 100 valence electrons. The first-order valence-electron chi connectivity index (χ1n) is 5.96. The Hall–Kier alpha value is -2.30. The molecule has 0 bridgehead atoms. The highest BCUT2D eigenvalue weighted by Gasteiger charge is 2.13. The maximum atomic E-state index is 12.2. The van der Waals surface area contributed by atoms with Gasteiger partial charge in [0, 0.05) is 11.8 Å². The SMILES string of the molecule is COC(=O)Cc1c[nH]n(-c2cc(C)ccc2C)c1=O. The van der Waals surface area contributed by atoms with E-state index in [2.05, 4.69) is 9.84 Å². The second-order valence-corrected chi connectivity index (χ2v) is 4.48. The number of esters is 1. The largest absolute Gasteiger partial charge is 0.469 e. The number of nitrogens with one attached hydrogen (secondary N) is 1. The molecule has 1 N–H and O–H groups in total. The number of hydrogen-bond donors (Lipinski definition) is 1. The minimum atomic E-state index is -0.427. The summed E-state index contributed by atoms with van der Waals surface area (Å²) in [5.74, 6) is -0.427.